The van der Waals surface area contributed by atoms with Gasteiger partial charge in [0.1, 0.15) is 0 Å². The zero-order chi connectivity index (χ0) is 20.7. The Bertz CT molecular complexity index is 1120. The van der Waals surface area contributed by atoms with Crippen LogP contribution in [0, 0.1) is 25.2 Å². The van der Waals surface area contributed by atoms with Gasteiger partial charge >= 0.3 is 0 Å². The highest BCUT2D eigenvalue weighted by atomic mass is 32.1. The molecule has 3 aromatic rings. The number of pyridine rings is 1. The van der Waals surface area contributed by atoms with Crippen molar-refractivity contribution in [1.29, 1.82) is 5.26 Å². The molecule has 0 atom stereocenters. The van der Waals surface area contributed by atoms with E-state index in [1.165, 1.54) is 19.3 Å². The Balaban J connectivity index is 1.61. The molecule has 6 heteroatoms. The van der Waals surface area contributed by atoms with Crippen molar-refractivity contribution in [3.63, 3.8) is 0 Å². The number of benzene rings is 1. The van der Waals surface area contributed by atoms with E-state index in [0.717, 1.165) is 57.9 Å². The summed E-state index contributed by atoms with van der Waals surface area (Å²) in [5, 5.41) is 14.2. The minimum absolute atomic E-state index is 0.273. The Morgan fingerprint density at radius 1 is 1.10 bits per heavy atom. The van der Waals surface area contributed by atoms with Gasteiger partial charge in [-0.1, -0.05) is 23.5 Å². The number of anilines is 1. The van der Waals surface area contributed by atoms with E-state index in [9.17, 15) is 5.26 Å². The summed E-state index contributed by atoms with van der Waals surface area (Å²) >= 11 is 1.76. The molecule has 1 aromatic carbocycles. The first-order chi connectivity index (χ1) is 14.5. The van der Waals surface area contributed by atoms with Crippen LogP contribution in [0.15, 0.2) is 36.4 Å². The minimum atomic E-state index is 0.273. The highest BCUT2D eigenvalue weighted by Crippen LogP contribution is 2.43. The van der Waals surface area contributed by atoms with Crippen LogP contribution in [-0.2, 0) is 0 Å². The van der Waals surface area contributed by atoms with Crippen molar-refractivity contribution in [2.24, 2.45) is 0 Å². The standard InChI is InChI=1S/C24H25N5S/c1-16-11-20(12-17(2)27-16)22-21(19-6-3-5-18(13-19)14-25)28-23(30-22)29-10-9-26-24(15-29)7-4-8-24/h3,5-6,11-13,26H,4,7-10,15H2,1-2H3. The molecule has 0 bridgehead atoms. The summed E-state index contributed by atoms with van der Waals surface area (Å²) in [6.07, 6.45) is 3.81. The number of aromatic nitrogens is 2. The predicted octanol–water partition coefficient (Wildman–Crippen LogP) is 4.69. The first-order valence-electron chi connectivity index (χ1n) is 10.5. The molecule has 1 aliphatic carbocycles. The van der Waals surface area contributed by atoms with E-state index in [1.807, 2.05) is 32.0 Å². The first-order valence-corrected chi connectivity index (χ1v) is 11.3. The average molecular weight is 416 g/mol. The predicted molar refractivity (Wildman–Crippen MR) is 122 cm³/mol. The molecule has 0 amide bonds. The number of piperazine rings is 1. The molecule has 2 fully saturated rings. The topological polar surface area (TPSA) is 64.8 Å². The van der Waals surface area contributed by atoms with Gasteiger partial charge in [-0.2, -0.15) is 5.26 Å². The van der Waals surface area contributed by atoms with Crippen LogP contribution in [-0.4, -0.2) is 35.1 Å². The van der Waals surface area contributed by atoms with Gasteiger partial charge in [0.15, 0.2) is 5.13 Å². The van der Waals surface area contributed by atoms with Crippen molar-refractivity contribution in [3.05, 3.63) is 53.3 Å². The lowest BCUT2D eigenvalue weighted by atomic mass is 9.75. The van der Waals surface area contributed by atoms with Crippen molar-refractivity contribution < 1.29 is 0 Å². The molecule has 3 heterocycles. The number of hydrogen-bond acceptors (Lipinski definition) is 6. The fourth-order valence-corrected chi connectivity index (χ4v) is 5.70. The van der Waals surface area contributed by atoms with Crippen LogP contribution in [0.3, 0.4) is 0 Å². The molecule has 1 aliphatic heterocycles. The van der Waals surface area contributed by atoms with Gasteiger partial charge in [0.25, 0.3) is 0 Å². The quantitative estimate of drug-likeness (QED) is 0.672. The number of nitrogens with zero attached hydrogens (tertiary/aromatic N) is 4. The third-order valence-electron chi connectivity index (χ3n) is 6.18. The zero-order valence-corrected chi connectivity index (χ0v) is 18.2. The SMILES string of the molecule is Cc1cc(-c2sc(N3CCNC4(CCC4)C3)nc2-c2cccc(C#N)c2)cc(C)n1. The van der Waals surface area contributed by atoms with Crippen LogP contribution in [0.4, 0.5) is 5.13 Å². The molecule has 1 N–H and O–H groups in total. The van der Waals surface area contributed by atoms with Crippen LogP contribution < -0.4 is 10.2 Å². The molecule has 2 aromatic heterocycles. The number of nitrogens with one attached hydrogen (secondary N) is 1. The molecule has 1 saturated carbocycles. The molecule has 30 heavy (non-hydrogen) atoms. The van der Waals surface area contributed by atoms with E-state index < -0.39 is 0 Å². The molecule has 1 spiro atoms. The Kier molecular flexibility index (Phi) is 4.80. The summed E-state index contributed by atoms with van der Waals surface area (Å²) in [6.45, 7) is 7.06. The lowest BCUT2D eigenvalue weighted by Crippen LogP contribution is -2.64. The largest absolute Gasteiger partial charge is 0.345 e. The van der Waals surface area contributed by atoms with E-state index in [0.29, 0.717) is 5.56 Å². The lowest BCUT2D eigenvalue weighted by Gasteiger charge is -2.49. The van der Waals surface area contributed by atoms with Crippen molar-refractivity contribution in [2.45, 2.75) is 38.6 Å². The Labute approximate surface area is 181 Å². The number of nitriles is 1. The van der Waals surface area contributed by atoms with E-state index >= 15 is 0 Å². The maximum atomic E-state index is 9.38. The van der Waals surface area contributed by atoms with E-state index in [2.05, 4.69) is 39.5 Å². The van der Waals surface area contributed by atoms with Gasteiger partial charge < -0.3 is 10.2 Å². The number of aryl methyl sites for hydroxylation is 2. The molecular weight excluding hydrogens is 390 g/mol. The molecule has 5 nitrogen and oxygen atoms in total. The number of hydrogen-bond donors (Lipinski definition) is 1. The maximum absolute atomic E-state index is 9.38. The second-order valence-electron chi connectivity index (χ2n) is 8.49. The number of thiazole rings is 1. The molecule has 0 unspecified atom stereocenters. The zero-order valence-electron chi connectivity index (χ0n) is 17.4. The Morgan fingerprint density at radius 3 is 2.60 bits per heavy atom. The fourth-order valence-electron chi connectivity index (χ4n) is 4.60. The van der Waals surface area contributed by atoms with E-state index in [-0.39, 0.29) is 5.54 Å². The van der Waals surface area contributed by atoms with Gasteiger partial charge in [-0.3, -0.25) is 4.98 Å². The smallest absolute Gasteiger partial charge is 0.186 e. The van der Waals surface area contributed by atoms with Crippen LogP contribution in [0.5, 0.6) is 0 Å². The second kappa shape index (κ2) is 7.50. The normalized spacial score (nSPS) is 17.6. The van der Waals surface area contributed by atoms with Gasteiger partial charge in [-0.15, -0.1) is 0 Å². The van der Waals surface area contributed by atoms with E-state index in [4.69, 9.17) is 4.98 Å². The average Bonchev–Trinajstić information content (AvgIpc) is 3.18. The lowest BCUT2D eigenvalue weighted by molar-refractivity contribution is 0.173. The van der Waals surface area contributed by atoms with Crippen molar-refractivity contribution in [2.75, 3.05) is 24.5 Å². The third-order valence-corrected chi connectivity index (χ3v) is 7.35. The number of rotatable bonds is 3. The van der Waals surface area contributed by atoms with E-state index in [1.54, 1.807) is 11.3 Å². The molecule has 1 saturated heterocycles. The summed E-state index contributed by atoms with van der Waals surface area (Å²) in [6, 6.07) is 14.3. The molecule has 5 rings (SSSR count). The van der Waals surface area contributed by atoms with Crippen LogP contribution in [0.25, 0.3) is 21.7 Å². The maximum Gasteiger partial charge on any atom is 0.186 e. The summed E-state index contributed by atoms with van der Waals surface area (Å²) in [4.78, 5) is 13.3. The Morgan fingerprint density at radius 2 is 1.90 bits per heavy atom. The van der Waals surface area contributed by atoms with Gasteiger partial charge in [0.2, 0.25) is 0 Å². The monoisotopic (exact) mass is 415 g/mol. The summed E-state index contributed by atoms with van der Waals surface area (Å²) in [5.41, 5.74) is 6.04. The second-order valence-corrected chi connectivity index (χ2v) is 9.47. The highest BCUT2D eigenvalue weighted by molar-refractivity contribution is 7.19. The van der Waals surface area contributed by atoms with Crippen molar-refractivity contribution in [3.8, 4) is 27.8 Å². The molecule has 152 valence electrons. The van der Waals surface area contributed by atoms with Crippen molar-refractivity contribution >= 4 is 16.5 Å². The summed E-state index contributed by atoms with van der Waals surface area (Å²) in [5.74, 6) is 0. The summed E-state index contributed by atoms with van der Waals surface area (Å²) < 4.78 is 0. The summed E-state index contributed by atoms with van der Waals surface area (Å²) in [7, 11) is 0. The van der Waals surface area contributed by atoms with Crippen LogP contribution in [0.1, 0.15) is 36.2 Å². The van der Waals surface area contributed by atoms with Crippen LogP contribution in [0.2, 0.25) is 0 Å². The van der Waals surface area contributed by atoms with Gasteiger partial charge in [0.05, 0.1) is 22.2 Å². The molecular formula is C24H25N5S. The minimum Gasteiger partial charge on any atom is -0.345 e. The van der Waals surface area contributed by atoms with Crippen LogP contribution >= 0.6 is 11.3 Å². The van der Waals surface area contributed by atoms with Gasteiger partial charge in [-0.05, 0) is 62.9 Å². The highest BCUT2D eigenvalue weighted by Gasteiger charge is 2.41. The Hall–Kier alpha value is -2.75. The van der Waals surface area contributed by atoms with Crippen molar-refractivity contribution in [1.82, 2.24) is 15.3 Å². The first kappa shape index (κ1) is 19.2. The molecule has 0 radical (unpaired) electrons. The fraction of sp³-hybridized carbons (Fsp3) is 0.375. The van der Waals surface area contributed by atoms with Gasteiger partial charge in [-0.25, -0.2) is 4.98 Å². The molecule has 2 aliphatic rings. The van der Waals surface area contributed by atoms with Gasteiger partial charge in [0, 0.05) is 42.1 Å². The third kappa shape index (κ3) is 3.49.